The molecule has 1 saturated carbocycles. The third kappa shape index (κ3) is 4.55. The van der Waals surface area contributed by atoms with E-state index in [4.69, 9.17) is 0 Å². The van der Waals surface area contributed by atoms with E-state index in [-0.39, 0.29) is 6.10 Å². The fraction of sp³-hybridized carbons (Fsp3) is 0.800. The second kappa shape index (κ2) is 7.36. The summed E-state index contributed by atoms with van der Waals surface area (Å²) in [6, 6.07) is 0.391. The number of nitrogens with zero attached hydrogens (tertiary/aromatic N) is 1. The van der Waals surface area contributed by atoms with Crippen molar-refractivity contribution in [2.75, 3.05) is 6.54 Å². The number of hydrogen-bond donors (Lipinski definition) is 2. The Hall–Kier alpha value is -0.450. The second-order valence-corrected chi connectivity index (χ2v) is 6.98. The maximum absolute atomic E-state index is 9.93. The summed E-state index contributed by atoms with van der Waals surface area (Å²) < 4.78 is 0. The first-order valence-electron chi connectivity index (χ1n) is 7.50. The minimum absolute atomic E-state index is 0.0460. The molecule has 0 amide bonds. The fourth-order valence-electron chi connectivity index (χ4n) is 2.89. The van der Waals surface area contributed by atoms with Gasteiger partial charge in [-0.05, 0) is 52.0 Å². The van der Waals surface area contributed by atoms with Crippen molar-refractivity contribution in [1.29, 1.82) is 0 Å². The molecular formula is C15H26N2OS. The first-order valence-corrected chi connectivity index (χ1v) is 8.32. The van der Waals surface area contributed by atoms with Crippen LogP contribution in [0.3, 0.4) is 0 Å². The van der Waals surface area contributed by atoms with Gasteiger partial charge in [0.05, 0.1) is 11.1 Å². The number of hydrogen-bond acceptors (Lipinski definition) is 4. The van der Waals surface area contributed by atoms with Crippen molar-refractivity contribution in [3.05, 3.63) is 16.1 Å². The average Bonchev–Trinajstić information content (AvgIpc) is 2.83. The lowest BCUT2D eigenvalue weighted by Crippen LogP contribution is -2.26. The number of aromatic nitrogens is 1. The van der Waals surface area contributed by atoms with E-state index >= 15 is 0 Å². The number of thiazole rings is 1. The number of aliphatic hydroxyl groups is 1. The van der Waals surface area contributed by atoms with Crippen LogP contribution in [0.15, 0.2) is 6.20 Å². The Bertz CT molecular complexity index is 380. The summed E-state index contributed by atoms with van der Waals surface area (Å²) in [7, 11) is 0. The molecule has 1 heterocycles. The summed E-state index contributed by atoms with van der Waals surface area (Å²) >= 11 is 1.77. The van der Waals surface area contributed by atoms with Gasteiger partial charge in [0.25, 0.3) is 0 Å². The summed E-state index contributed by atoms with van der Waals surface area (Å²) in [5.41, 5.74) is 0. The molecule has 0 aliphatic heterocycles. The van der Waals surface area contributed by atoms with E-state index in [0.29, 0.717) is 12.0 Å². The molecule has 19 heavy (non-hydrogen) atoms. The second-order valence-electron chi connectivity index (χ2n) is 5.71. The smallest absolute Gasteiger partial charge is 0.0897 e. The van der Waals surface area contributed by atoms with Crippen LogP contribution in [0.5, 0.6) is 0 Å². The Labute approximate surface area is 120 Å². The number of rotatable bonds is 6. The molecule has 0 bridgehead atoms. The number of aryl methyl sites for hydroxylation is 1. The van der Waals surface area contributed by atoms with Crippen LogP contribution >= 0.6 is 11.3 Å². The van der Waals surface area contributed by atoms with Gasteiger partial charge in [-0.15, -0.1) is 11.3 Å². The maximum Gasteiger partial charge on any atom is 0.0897 e. The van der Waals surface area contributed by atoms with Crippen LogP contribution < -0.4 is 5.32 Å². The number of nitrogens with one attached hydrogen (secondary N) is 1. The van der Waals surface area contributed by atoms with Gasteiger partial charge in [-0.1, -0.05) is 12.8 Å². The molecule has 1 aliphatic rings. The molecule has 108 valence electrons. The Balaban J connectivity index is 1.63. The van der Waals surface area contributed by atoms with E-state index in [2.05, 4.69) is 17.2 Å². The van der Waals surface area contributed by atoms with Crippen LogP contribution in [0.4, 0.5) is 0 Å². The van der Waals surface area contributed by atoms with Crippen molar-refractivity contribution in [2.45, 2.75) is 64.5 Å². The molecule has 1 aromatic heterocycles. The highest BCUT2D eigenvalue weighted by atomic mass is 32.1. The molecule has 0 saturated heterocycles. The molecular weight excluding hydrogens is 256 g/mol. The van der Waals surface area contributed by atoms with Crippen LogP contribution in [-0.2, 0) is 0 Å². The Morgan fingerprint density at radius 1 is 1.47 bits per heavy atom. The summed E-state index contributed by atoms with van der Waals surface area (Å²) in [5.74, 6) is 0.538. The van der Waals surface area contributed by atoms with Crippen molar-refractivity contribution in [3.8, 4) is 0 Å². The highest BCUT2D eigenvalue weighted by Gasteiger charge is 2.22. The zero-order chi connectivity index (χ0) is 13.7. The third-order valence-corrected chi connectivity index (χ3v) is 5.23. The quantitative estimate of drug-likeness (QED) is 0.786. The van der Waals surface area contributed by atoms with Crippen molar-refractivity contribution in [2.24, 2.45) is 5.92 Å². The fourth-order valence-corrected chi connectivity index (χ4v) is 3.70. The maximum atomic E-state index is 9.93. The van der Waals surface area contributed by atoms with Crippen molar-refractivity contribution in [1.82, 2.24) is 10.3 Å². The first-order chi connectivity index (χ1) is 9.16. The van der Waals surface area contributed by atoms with Gasteiger partial charge in [0.2, 0.25) is 0 Å². The van der Waals surface area contributed by atoms with E-state index in [0.717, 1.165) is 30.8 Å². The van der Waals surface area contributed by atoms with E-state index in [1.54, 1.807) is 11.3 Å². The molecule has 1 aliphatic carbocycles. The van der Waals surface area contributed by atoms with E-state index in [9.17, 15) is 5.11 Å². The van der Waals surface area contributed by atoms with Gasteiger partial charge < -0.3 is 10.4 Å². The molecule has 1 aromatic rings. The van der Waals surface area contributed by atoms with Crippen LogP contribution in [0.1, 0.15) is 61.4 Å². The van der Waals surface area contributed by atoms with Gasteiger partial charge in [-0.25, -0.2) is 4.98 Å². The molecule has 1 fully saturated rings. The highest BCUT2D eigenvalue weighted by molar-refractivity contribution is 7.11. The Morgan fingerprint density at radius 2 is 2.26 bits per heavy atom. The summed E-state index contributed by atoms with van der Waals surface area (Å²) in [5, 5.41) is 14.6. The van der Waals surface area contributed by atoms with Crippen molar-refractivity contribution >= 4 is 11.3 Å². The zero-order valence-corrected chi connectivity index (χ0v) is 12.9. The van der Waals surface area contributed by atoms with Crippen LogP contribution in [0, 0.1) is 12.8 Å². The molecule has 0 aromatic carbocycles. The predicted octanol–water partition coefficient (Wildman–Crippen LogP) is 3.43. The molecule has 2 N–H and O–H groups in total. The van der Waals surface area contributed by atoms with Crippen LogP contribution in [0.2, 0.25) is 0 Å². The van der Waals surface area contributed by atoms with Crippen LogP contribution in [0.25, 0.3) is 0 Å². The first kappa shape index (κ1) is 14.9. The van der Waals surface area contributed by atoms with Gasteiger partial charge in [-0.3, -0.25) is 0 Å². The standard InChI is InChI=1S/C15H26N2OS/c1-11(15-10-17-12(2)19-15)16-9-5-7-13-6-3-4-8-14(13)18/h10-11,13-14,16,18H,3-9H2,1-2H3. The normalized spacial score (nSPS) is 25.4. The molecule has 0 spiro atoms. The minimum atomic E-state index is -0.0460. The third-order valence-electron chi connectivity index (χ3n) is 4.14. The lowest BCUT2D eigenvalue weighted by molar-refractivity contribution is 0.0642. The van der Waals surface area contributed by atoms with Gasteiger partial charge in [0.1, 0.15) is 0 Å². The molecule has 3 unspecified atom stereocenters. The molecule has 0 radical (unpaired) electrons. The van der Waals surface area contributed by atoms with E-state index < -0.39 is 0 Å². The lowest BCUT2D eigenvalue weighted by atomic mass is 9.83. The molecule has 3 atom stereocenters. The van der Waals surface area contributed by atoms with Gasteiger partial charge in [0.15, 0.2) is 0 Å². The summed E-state index contributed by atoms with van der Waals surface area (Å²) in [4.78, 5) is 5.61. The molecule has 4 heteroatoms. The topological polar surface area (TPSA) is 45.2 Å². The predicted molar refractivity (Wildman–Crippen MR) is 80.5 cm³/mol. The average molecular weight is 282 g/mol. The largest absolute Gasteiger partial charge is 0.393 e. The number of aliphatic hydroxyl groups excluding tert-OH is 1. The zero-order valence-electron chi connectivity index (χ0n) is 12.1. The summed E-state index contributed by atoms with van der Waals surface area (Å²) in [6.07, 6.45) is 8.97. The van der Waals surface area contributed by atoms with Gasteiger partial charge >= 0.3 is 0 Å². The molecule has 2 rings (SSSR count). The summed E-state index contributed by atoms with van der Waals surface area (Å²) in [6.45, 7) is 5.27. The SMILES string of the molecule is Cc1ncc(C(C)NCCCC2CCCCC2O)s1. The van der Waals surface area contributed by atoms with E-state index in [1.165, 1.54) is 24.1 Å². The monoisotopic (exact) mass is 282 g/mol. The Kier molecular flexibility index (Phi) is 5.79. The van der Waals surface area contributed by atoms with Gasteiger partial charge in [0, 0.05) is 17.1 Å². The van der Waals surface area contributed by atoms with E-state index in [1.807, 2.05) is 13.1 Å². The lowest BCUT2D eigenvalue weighted by Gasteiger charge is -2.27. The Morgan fingerprint density at radius 3 is 2.95 bits per heavy atom. The van der Waals surface area contributed by atoms with Crippen molar-refractivity contribution < 1.29 is 5.11 Å². The van der Waals surface area contributed by atoms with Crippen molar-refractivity contribution in [3.63, 3.8) is 0 Å². The minimum Gasteiger partial charge on any atom is -0.393 e. The highest BCUT2D eigenvalue weighted by Crippen LogP contribution is 2.28. The van der Waals surface area contributed by atoms with Crippen LogP contribution in [-0.4, -0.2) is 22.7 Å². The van der Waals surface area contributed by atoms with Gasteiger partial charge in [-0.2, -0.15) is 0 Å². The molecule has 3 nitrogen and oxygen atoms in total.